The topological polar surface area (TPSA) is 281 Å². The number of amides is 2. The van der Waals surface area contributed by atoms with E-state index in [0.717, 1.165) is 89.0 Å². The maximum absolute atomic E-state index is 13.2. The average molecular weight is 943 g/mol. The van der Waals surface area contributed by atoms with Gasteiger partial charge in [0.25, 0.3) is 0 Å². The summed E-state index contributed by atoms with van der Waals surface area (Å²) < 4.78 is 113. The predicted octanol–water partition coefficient (Wildman–Crippen LogP) is 7.36. The van der Waals surface area contributed by atoms with Gasteiger partial charge < -0.3 is 20.4 Å². The Hall–Kier alpha value is -2.63. The lowest BCUT2D eigenvalue weighted by molar-refractivity contribution is -0.142. The number of phenolic OH excluding ortho intramolecular Hbond substituents is 2. The van der Waals surface area contributed by atoms with Gasteiger partial charge in [-0.25, -0.2) is 12.5 Å². The van der Waals surface area contributed by atoms with E-state index in [-0.39, 0.29) is 55.0 Å². The zero-order chi connectivity index (χ0) is 45.8. The van der Waals surface area contributed by atoms with Gasteiger partial charge in [0, 0.05) is 24.6 Å². The van der Waals surface area contributed by atoms with E-state index in [1.54, 1.807) is 11.0 Å². The number of phenols is 2. The Labute approximate surface area is 368 Å². The molecule has 1 saturated heterocycles. The first kappa shape index (κ1) is 53.7. The SMILES string of the molecule is CCCCCCCCCC[C@H](OS(=O)(=O)O)[C@H](CC[C@H](CCCCCCCCCCCCC(=O)N[C@H]1CC[C@@H]2c3c(O)cc(O)cc3CCN2C1=O)OS(=O)(=O)O)OS(=O)(=O)O. The number of aromatic hydroxyl groups is 2. The molecule has 3 rings (SSSR count). The van der Waals surface area contributed by atoms with Crippen LogP contribution in [0.2, 0.25) is 0 Å². The van der Waals surface area contributed by atoms with E-state index in [1.165, 1.54) is 6.07 Å². The molecule has 2 amide bonds. The number of piperidine rings is 1. The normalized spacial score (nSPS) is 18.5. The fraction of sp³-hybridized carbons (Fsp3) is 0.805. The quantitative estimate of drug-likeness (QED) is 0.0296. The van der Waals surface area contributed by atoms with Gasteiger partial charge in [0.1, 0.15) is 29.7 Å². The molecule has 21 heteroatoms. The van der Waals surface area contributed by atoms with Crippen LogP contribution in [0.5, 0.6) is 11.5 Å². The highest BCUT2D eigenvalue weighted by Crippen LogP contribution is 2.43. The van der Waals surface area contributed by atoms with Crippen molar-refractivity contribution < 1.29 is 71.3 Å². The number of hydrogen-bond donors (Lipinski definition) is 6. The maximum Gasteiger partial charge on any atom is 0.397 e. The van der Waals surface area contributed by atoms with Gasteiger partial charge in [-0.05, 0) is 63.0 Å². The van der Waals surface area contributed by atoms with Crippen molar-refractivity contribution in [1.82, 2.24) is 10.2 Å². The molecule has 0 radical (unpaired) electrons. The van der Waals surface area contributed by atoms with Crippen LogP contribution < -0.4 is 5.32 Å². The smallest absolute Gasteiger partial charge is 0.397 e. The van der Waals surface area contributed by atoms with Crippen molar-refractivity contribution in [3.05, 3.63) is 23.3 Å². The summed E-state index contributed by atoms with van der Waals surface area (Å²) >= 11 is 0. The van der Waals surface area contributed by atoms with Crippen LogP contribution in [0.1, 0.15) is 185 Å². The molecule has 0 unspecified atom stereocenters. The van der Waals surface area contributed by atoms with Crippen LogP contribution in [-0.4, -0.2) is 96.7 Å². The molecule has 0 saturated carbocycles. The first-order chi connectivity index (χ1) is 29.3. The molecule has 1 fully saturated rings. The van der Waals surface area contributed by atoms with Gasteiger partial charge in [0.05, 0.1) is 12.1 Å². The van der Waals surface area contributed by atoms with Gasteiger partial charge in [0.15, 0.2) is 0 Å². The van der Waals surface area contributed by atoms with E-state index in [1.807, 2.05) is 0 Å². The number of unbranched alkanes of at least 4 members (excludes halogenated alkanes) is 16. The van der Waals surface area contributed by atoms with E-state index >= 15 is 0 Å². The Balaban J connectivity index is 1.32. The van der Waals surface area contributed by atoms with Crippen LogP contribution in [0.15, 0.2) is 12.1 Å². The largest absolute Gasteiger partial charge is 0.508 e. The molecule has 1 aromatic rings. The van der Waals surface area contributed by atoms with Crippen LogP contribution >= 0.6 is 0 Å². The molecule has 2 aliphatic heterocycles. The lowest BCUT2D eigenvalue weighted by atomic mass is 9.84. The molecule has 5 atom stereocenters. The molecule has 0 bridgehead atoms. The minimum Gasteiger partial charge on any atom is -0.508 e. The van der Waals surface area contributed by atoms with Crippen LogP contribution in [0.4, 0.5) is 0 Å². The summed E-state index contributed by atoms with van der Waals surface area (Å²) in [5.74, 6) is -0.339. The molecule has 2 aliphatic rings. The number of carbonyl (C=O) groups is 2. The number of nitrogens with one attached hydrogen (secondary N) is 1. The number of hydrogen-bond acceptors (Lipinski definition) is 13. The van der Waals surface area contributed by atoms with Crippen LogP contribution in [0.3, 0.4) is 0 Å². The van der Waals surface area contributed by atoms with E-state index in [0.29, 0.717) is 69.9 Å². The summed E-state index contributed by atoms with van der Waals surface area (Å²) in [5.41, 5.74) is 1.51. The van der Waals surface area contributed by atoms with Gasteiger partial charge in [-0.2, -0.15) is 25.3 Å². The van der Waals surface area contributed by atoms with Crippen molar-refractivity contribution in [2.45, 2.75) is 204 Å². The van der Waals surface area contributed by atoms with Crippen molar-refractivity contribution in [3.8, 4) is 11.5 Å². The molecular weight excluding hydrogens is 873 g/mol. The van der Waals surface area contributed by atoms with E-state index in [2.05, 4.69) is 12.2 Å². The third-order valence-electron chi connectivity index (χ3n) is 11.7. The van der Waals surface area contributed by atoms with Crippen molar-refractivity contribution in [1.29, 1.82) is 0 Å². The van der Waals surface area contributed by atoms with Gasteiger partial charge in [-0.1, -0.05) is 116 Å². The third kappa shape index (κ3) is 21.4. The zero-order valence-electron chi connectivity index (χ0n) is 36.0. The fourth-order valence-corrected chi connectivity index (χ4v) is 10.3. The molecule has 6 N–H and O–H groups in total. The van der Waals surface area contributed by atoms with Gasteiger partial charge in [-0.15, -0.1) is 0 Å². The molecule has 0 aliphatic carbocycles. The fourth-order valence-electron chi connectivity index (χ4n) is 8.66. The minimum atomic E-state index is -5.12. The highest BCUT2D eigenvalue weighted by molar-refractivity contribution is 7.81. The maximum atomic E-state index is 13.2. The summed E-state index contributed by atoms with van der Waals surface area (Å²) in [4.78, 5) is 27.6. The average Bonchev–Trinajstić information content (AvgIpc) is 3.16. The predicted molar refractivity (Wildman–Crippen MR) is 230 cm³/mol. The Morgan fingerprint density at radius 3 is 1.73 bits per heavy atom. The number of benzene rings is 1. The molecule has 62 heavy (non-hydrogen) atoms. The van der Waals surface area contributed by atoms with E-state index in [9.17, 15) is 58.7 Å². The third-order valence-corrected chi connectivity index (χ3v) is 13.2. The summed E-state index contributed by atoms with van der Waals surface area (Å²) in [5, 5.41) is 23.2. The highest BCUT2D eigenvalue weighted by atomic mass is 32.3. The second kappa shape index (κ2) is 27.0. The summed E-state index contributed by atoms with van der Waals surface area (Å²) in [6, 6.07) is 2.05. The molecule has 0 spiro atoms. The molecule has 358 valence electrons. The molecule has 0 aromatic heterocycles. The monoisotopic (exact) mass is 942 g/mol. The second-order valence-corrected chi connectivity index (χ2v) is 19.9. The summed E-state index contributed by atoms with van der Waals surface area (Å²) in [6.45, 7) is 2.57. The van der Waals surface area contributed by atoms with Crippen LogP contribution in [0.25, 0.3) is 0 Å². The van der Waals surface area contributed by atoms with Gasteiger partial charge >= 0.3 is 31.2 Å². The van der Waals surface area contributed by atoms with E-state index < -0.39 is 55.6 Å². The van der Waals surface area contributed by atoms with Crippen LogP contribution in [0, 0.1) is 0 Å². The lowest BCUT2D eigenvalue weighted by Crippen LogP contribution is -2.54. The van der Waals surface area contributed by atoms with Crippen molar-refractivity contribution in [2.24, 2.45) is 0 Å². The Bertz CT molecular complexity index is 1860. The number of fused-ring (bicyclic) bond motifs is 3. The number of carbonyl (C=O) groups excluding carboxylic acids is 2. The molecule has 2 heterocycles. The lowest BCUT2D eigenvalue weighted by Gasteiger charge is -2.43. The standard InChI is InChI=1S/C41H70N2O16S3/c1-2-3-4-5-6-12-15-18-21-37(58-61(51,52)53)38(59-62(54,55)56)26-23-33(57-60(48,49)50)20-17-14-11-9-7-8-10-13-16-19-22-39(46)42-34-24-25-35-40-31(27-28-43(35)41(34)47)29-32(44)30-36(40)45/h29-30,33-35,37-38,44-45H,2-28H2,1H3,(H,42,46)(H,48,49,50)(H,51,52,53)(H,54,55,56)/t33-,34-,35+,37-,38-/m0/s1. The van der Waals surface area contributed by atoms with E-state index in [4.69, 9.17) is 12.5 Å². The highest BCUT2D eigenvalue weighted by Gasteiger charge is 2.41. The van der Waals surface area contributed by atoms with Gasteiger partial charge in [0.2, 0.25) is 11.8 Å². The molecular formula is C41H70N2O16S3. The molecule has 18 nitrogen and oxygen atoms in total. The first-order valence-corrected chi connectivity index (χ1v) is 26.5. The number of rotatable bonds is 33. The Morgan fingerprint density at radius 2 is 1.18 bits per heavy atom. The molecule has 1 aromatic carbocycles. The number of nitrogens with zero attached hydrogens (tertiary/aromatic N) is 1. The van der Waals surface area contributed by atoms with Crippen molar-refractivity contribution in [2.75, 3.05) is 6.54 Å². The zero-order valence-corrected chi connectivity index (χ0v) is 38.5. The Morgan fingerprint density at radius 1 is 0.677 bits per heavy atom. The summed E-state index contributed by atoms with van der Waals surface area (Å²) in [6.07, 6.45) is 12.9. The summed E-state index contributed by atoms with van der Waals surface area (Å²) in [7, 11) is -15.1. The van der Waals surface area contributed by atoms with Crippen molar-refractivity contribution in [3.63, 3.8) is 0 Å². The minimum absolute atomic E-state index is 0.00731. The Kier molecular flexibility index (Phi) is 23.4. The van der Waals surface area contributed by atoms with Crippen molar-refractivity contribution >= 4 is 43.0 Å². The first-order valence-electron chi connectivity index (χ1n) is 22.4. The van der Waals surface area contributed by atoms with Gasteiger partial charge in [-0.3, -0.25) is 23.2 Å². The van der Waals surface area contributed by atoms with Crippen LogP contribution in [-0.2, 0) is 59.8 Å². The second-order valence-electron chi connectivity index (χ2n) is 16.7.